The van der Waals surface area contributed by atoms with Crippen LogP contribution in [0.5, 0.6) is 0 Å². The standard InChI is InChI=1S/C10H6F4N2S/c11-7-3-5(8-4-16-9(15)17-8)1-2-6(7)10(12,13)14/h1-4H,(H2,15,16). The quantitative estimate of drug-likeness (QED) is 0.798. The van der Waals surface area contributed by atoms with Crippen molar-refractivity contribution in [2.24, 2.45) is 0 Å². The first-order chi connectivity index (χ1) is 7.88. The van der Waals surface area contributed by atoms with Crippen LogP contribution in [0.15, 0.2) is 24.4 Å². The van der Waals surface area contributed by atoms with Crippen LogP contribution in [0.1, 0.15) is 5.56 Å². The van der Waals surface area contributed by atoms with Crippen molar-refractivity contribution < 1.29 is 17.6 Å². The molecular weight excluding hydrogens is 256 g/mol. The van der Waals surface area contributed by atoms with Crippen LogP contribution in [0.4, 0.5) is 22.7 Å². The summed E-state index contributed by atoms with van der Waals surface area (Å²) in [6.45, 7) is 0. The van der Waals surface area contributed by atoms with Crippen LogP contribution >= 0.6 is 11.3 Å². The van der Waals surface area contributed by atoms with Gasteiger partial charge in [-0.3, -0.25) is 0 Å². The van der Waals surface area contributed by atoms with Crippen molar-refractivity contribution >= 4 is 16.5 Å². The van der Waals surface area contributed by atoms with Gasteiger partial charge in [-0.15, -0.1) is 0 Å². The zero-order valence-corrected chi connectivity index (χ0v) is 9.07. The lowest BCUT2D eigenvalue weighted by molar-refractivity contribution is -0.139. The van der Waals surface area contributed by atoms with Gasteiger partial charge in [-0.05, 0) is 17.7 Å². The fourth-order valence-electron chi connectivity index (χ4n) is 1.32. The number of alkyl halides is 3. The molecule has 0 unspecified atom stereocenters. The average molecular weight is 262 g/mol. The van der Waals surface area contributed by atoms with Gasteiger partial charge in [0.15, 0.2) is 5.13 Å². The Hall–Kier alpha value is -1.63. The Balaban J connectivity index is 2.44. The molecule has 2 N–H and O–H groups in total. The Morgan fingerprint density at radius 1 is 1.24 bits per heavy atom. The van der Waals surface area contributed by atoms with E-state index in [0.717, 1.165) is 17.4 Å². The van der Waals surface area contributed by atoms with Crippen LogP contribution in [0, 0.1) is 5.82 Å². The maximum absolute atomic E-state index is 13.3. The van der Waals surface area contributed by atoms with E-state index in [2.05, 4.69) is 4.98 Å². The number of anilines is 1. The minimum absolute atomic E-state index is 0.278. The van der Waals surface area contributed by atoms with Gasteiger partial charge in [-0.1, -0.05) is 17.4 Å². The van der Waals surface area contributed by atoms with Crippen molar-refractivity contribution in [1.29, 1.82) is 0 Å². The second kappa shape index (κ2) is 3.99. The molecule has 0 fully saturated rings. The highest BCUT2D eigenvalue weighted by Crippen LogP contribution is 2.34. The Morgan fingerprint density at radius 2 is 1.94 bits per heavy atom. The second-order valence-electron chi connectivity index (χ2n) is 3.26. The molecule has 17 heavy (non-hydrogen) atoms. The van der Waals surface area contributed by atoms with Gasteiger partial charge in [0.1, 0.15) is 5.82 Å². The normalized spacial score (nSPS) is 11.8. The number of nitrogens with two attached hydrogens (primary N) is 1. The van der Waals surface area contributed by atoms with E-state index in [9.17, 15) is 17.6 Å². The summed E-state index contributed by atoms with van der Waals surface area (Å²) in [4.78, 5) is 4.27. The number of hydrogen-bond acceptors (Lipinski definition) is 3. The molecule has 0 bridgehead atoms. The number of nitrogen functional groups attached to an aromatic ring is 1. The summed E-state index contributed by atoms with van der Waals surface area (Å²) in [6, 6.07) is 2.73. The number of aromatic nitrogens is 1. The lowest BCUT2D eigenvalue weighted by Crippen LogP contribution is -2.07. The Morgan fingerprint density at radius 3 is 2.41 bits per heavy atom. The maximum Gasteiger partial charge on any atom is 0.419 e. The van der Waals surface area contributed by atoms with Crippen molar-refractivity contribution in [3.8, 4) is 10.4 Å². The van der Waals surface area contributed by atoms with Gasteiger partial charge >= 0.3 is 6.18 Å². The summed E-state index contributed by atoms with van der Waals surface area (Å²) >= 11 is 1.08. The van der Waals surface area contributed by atoms with E-state index < -0.39 is 17.6 Å². The molecule has 2 rings (SSSR count). The summed E-state index contributed by atoms with van der Waals surface area (Å²) in [5, 5.41) is 0.278. The minimum Gasteiger partial charge on any atom is -0.375 e. The molecule has 0 amide bonds. The second-order valence-corrected chi connectivity index (χ2v) is 4.32. The smallest absolute Gasteiger partial charge is 0.375 e. The first-order valence-electron chi connectivity index (χ1n) is 4.46. The summed E-state index contributed by atoms with van der Waals surface area (Å²) in [5.74, 6) is -1.30. The third kappa shape index (κ3) is 2.38. The third-order valence-electron chi connectivity index (χ3n) is 2.08. The highest BCUT2D eigenvalue weighted by Gasteiger charge is 2.33. The minimum atomic E-state index is -4.69. The molecule has 0 saturated heterocycles. The predicted octanol–water partition coefficient (Wildman–Crippen LogP) is 3.55. The predicted molar refractivity (Wildman–Crippen MR) is 56.9 cm³/mol. The first kappa shape index (κ1) is 11.8. The van der Waals surface area contributed by atoms with Crippen molar-refractivity contribution in [3.05, 3.63) is 35.8 Å². The maximum atomic E-state index is 13.3. The van der Waals surface area contributed by atoms with Gasteiger partial charge in [0, 0.05) is 6.20 Å². The average Bonchev–Trinajstić information content (AvgIpc) is 2.62. The zero-order valence-electron chi connectivity index (χ0n) is 8.25. The van der Waals surface area contributed by atoms with E-state index in [1.54, 1.807) is 0 Å². The van der Waals surface area contributed by atoms with Crippen LogP contribution in [0.2, 0.25) is 0 Å². The van der Waals surface area contributed by atoms with Gasteiger partial charge in [0.25, 0.3) is 0 Å². The molecule has 90 valence electrons. The van der Waals surface area contributed by atoms with Gasteiger partial charge in [0.2, 0.25) is 0 Å². The first-order valence-corrected chi connectivity index (χ1v) is 5.28. The van der Waals surface area contributed by atoms with Crippen molar-refractivity contribution in [2.75, 3.05) is 5.73 Å². The fraction of sp³-hybridized carbons (Fsp3) is 0.100. The Bertz CT molecular complexity index is 547. The Kier molecular flexibility index (Phi) is 2.78. The number of benzene rings is 1. The van der Waals surface area contributed by atoms with Crippen LogP contribution in [0.25, 0.3) is 10.4 Å². The molecule has 1 heterocycles. The van der Waals surface area contributed by atoms with Crippen LogP contribution in [0.3, 0.4) is 0 Å². The summed E-state index contributed by atoms with van der Waals surface area (Å²) < 4.78 is 50.2. The van der Waals surface area contributed by atoms with Gasteiger partial charge in [-0.25, -0.2) is 9.37 Å². The van der Waals surface area contributed by atoms with Crippen LogP contribution in [-0.2, 0) is 6.18 Å². The molecule has 0 aliphatic carbocycles. The lowest BCUT2D eigenvalue weighted by Gasteiger charge is -2.08. The van der Waals surface area contributed by atoms with E-state index in [0.29, 0.717) is 16.5 Å². The third-order valence-corrected chi connectivity index (χ3v) is 2.96. The van der Waals surface area contributed by atoms with E-state index >= 15 is 0 Å². The Labute approximate surface area is 97.7 Å². The summed E-state index contributed by atoms with van der Waals surface area (Å²) in [5.41, 5.74) is 4.43. The van der Waals surface area contributed by atoms with Crippen LogP contribution in [-0.4, -0.2) is 4.98 Å². The fourth-order valence-corrected chi connectivity index (χ4v) is 2.00. The highest BCUT2D eigenvalue weighted by molar-refractivity contribution is 7.18. The highest BCUT2D eigenvalue weighted by atomic mass is 32.1. The number of thiazole rings is 1. The number of rotatable bonds is 1. The number of hydrogen-bond donors (Lipinski definition) is 1. The molecule has 1 aromatic heterocycles. The molecule has 1 aromatic carbocycles. The molecule has 0 spiro atoms. The van der Waals surface area contributed by atoms with E-state index in [4.69, 9.17) is 5.73 Å². The van der Waals surface area contributed by atoms with Gasteiger partial charge in [-0.2, -0.15) is 13.2 Å². The van der Waals surface area contributed by atoms with Crippen LogP contribution < -0.4 is 5.73 Å². The van der Waals surface area contributed by atoms with Crippen molar-refractivity contribution in [1.82, 2.24) is 4.98 Å². The molecule has 2 nitrogen and oxygen atoms in total. The molecule has 0 aliphatic rings. The van der Waals surface area contributed by atoms with Crippen molar-refractivity contribution in [2.45, 2.75) is 6.18 Å². The summed E-state index contributed by atoms with van der Waals surface area (Å²) in [7, 11) is 0. The molecule has 7 heteroatoms. The van der Waals surface area contributed by atoms with Gasteiger partial charge < -0.3 is 5.73 Å². The largest absolute Gasteiger partial charge is 0.419 e. The molecule has 0 radical (unpaired) electrons. The number of nitrogens with zero attached hydrogens (tertiary/aromatic N) is 1. The molecule has 2 aromatic rings. The molecular formula is C10H6F4N2S. The monoisotopic (exact) mass is 262 g/mol. The topological polar surface area (TPSA) is 38.9 Å². The molecule has 0 saturated carbocycles. The van der Waals surface area contributed by atoms with Crippen molar-refractivity contribution in [3.63, 3.8) is 0 Å². The number of halogens is 4. The van der Waals surface area contributed by atoms with Gasteiger partial charge in [0.05, 0.1) is 10.4 Å². The van der Waals surface area contributed by atoms with E-state index in [1.807, 2.05) is 0 Å². The van der Waals surface area contributed by atoms with E-state index in [1.165, 1.54) is 12.3 Å². The lowest BCUT2D eigenvalue weighted by atomic mass is 10.1. The van der Waals surface area contributed by atoms with E-state index in [-0.39, 0.29) is 5.13 Å². The molecule has 0 atom stereocenters. The molecule has 0 aliphatic heterocycles. The summed E-state index contributed by atoms with van der Waals surface area (Å²) in [6.07, 6.45) is -3.29. The SMILES string of the molecule is Nc1ncc(-c2ccc(C(F)(F)F)c(F)c2)s1. The zero-order chi connectivity index (χ0) is 12.6.